The molecule has 150 valence electrons. The quantitative estimate of drug-likeness (QED) is 0.596. The first-order valence-corrected chi connectivity index (χ1v) is 8.97. The summed E-state index contributed by atoms with van der Waals surface area (Å²) in [5.41, 5.74) is 4.74. The van der Waals surface area contributed by atoms with Crippen molar-refractivity contribution in [1.29, 1.82) is 0 Å². The van der Waals surface area contributed by atoms with E-state index in [-0.39, 0.29) is 24.9 Å². The minimum atomic E-state index is -0.378. The predicted octanol–water partition coefficient (Wildman–Crippen LogP) is 2.39. The lowest BCUT2D eigenvalue weighted by Crippen LogP contribution is -2.48. The molecule has 0 amide bonds. The van der Waals surface area contributed by atoms with E-state index in [1.807, 2.05) is 24.3 Å². The van der Waals surface area contributed by atoms with Crippen molar-refractivity contribution in [2.45, 2.75) is 19.1 Å². The Morgan fingerprint density at radius 1 is 0.929 bits per heavy atom. The Balaban J connectivity index is 1.89. The molecule has 3 atom stereocenters. The summed E-state index contributed by atoms with van der Waals surface area (Å²) in [5, 5.41) is 0. The zero-order valence-corrected chi connectivity index (χ0v) is 16.3. The van der Waals surface area contributed by atoms with Gasteiger partial charge in [0.1, 0.15) is 5.75 Å². The van der Waals surface area contributed by atoms with Crippen LogP contribution in [0.5, 0.6) is 34.5 Å². The third kappa shape index (κ3) is 2.85. The molecule has 8 heteroatoms. The Kier molecular flexibility index (Phi) is 4.82. The van der Waals surface area contributed by atoms with Crippen LogP contribution in [0.15, 0.2) is 24.3 Å². The summed E-state index contributed by atoms with van der Waals surface area (Å²) in [7, 11) is 4.79. The Hall–Kier alpha value is -2.84. The fourth-order valence-electron chi connectivity index (χ4n) is 3.94. The number of rotatable bonds is 5. The number of methoxy groups -OCH3 is 3. The summed E-state index contributed by atoms with van der Waals surface area (Å²) in [6, 6.07) is 7.72. The second kappa shape index (κ2) is 7.29. The molecule has 28 heavy (non-hydrogen) atoms. The molecule has 0 spiro atoms. The highest BCUT2D eigenvalue weighted by atomic mass is 16.7. The summed E-state index contributed by atoms with van der Waals surface area (Å²) < 4.78 is 33.7. The van der Waals surface area contributed by atoms with Gasteiger partial charge in [-0.1, -0.05) is 6.92 Å². The van der Waals surface area contributed by atoms with E-state index >= 15 is 0 Å². The maximum Gasteiger partial charge on any atom is 0.231 e. The Morgan fingerprint density at radius 2 is 1.57 bits per heavy atom. The van der Waals surface area contributed by atoms with Gasteiger partial charge in [-0.25, -0.2) is 5.43 Å². The van der Waals surface area contributed by atoms with Gasteiger partial charge in [0.05, 0.1) is 21.3 Å². The van der Waals surface area contributed by atoms with E-state index in [1.165, 1.54) is 0 Å². The van der Waals surface area contributed by atoms with E-state index in [2.05, 4.69) is 12.3 Å². The lowest BCUT2D eigenvalue weighted by atomic mass is 9.78. The van der Waals surface area contributed by atoms with Gasteiger partial charge in [-0.3, -0.25) is 5.84 Å². The van der Waals surface area contributed by atoms with Gasteiger partial charge in [0.2, 0.25) is 12.5 Å². The third-order valence-corrected chi connectivity index (χ3v) is 5.31. The second-order valence-electron chi connectivity index (χ2n) is 6.74. The zero-order valence-electron chi connectivity index (χ0n) is 16.3. The smallest absolute Gasteiger partial charge is 0.231 e. The molecule has 0 unspecified atom stereocenters. The normalized spacial score (nSPS) is 22.2. The van der Waals surface area contributed by atoms with Crippen molar-refractivity contribution >= 4 is 0 Å². The number of fused-ring (bicyclic) bond motifs is 2. The van der Waals surface area contributed by atoms with Gasteiger partial charge in [0, 0.05) is 23.5 Å². The van der Waals surface area contributed by atoms with Gasteiger partial charge in [-0.15, -0.1) is 0 Å². The predicted molar refractivity (Wildman–Crippen MR) is 101 cm³/mol. The summed E-state index contributed by atoms with van der Waals surface area (Å²) in [5.74, 6) is 9.52. The van der Waals surface area contributed by atoms with Crippen molar-refractivity contribution in [3.8, 4) is 34.5 Å². The number of hydrogen-bond acceptors (Lipinski definition) is 8. The molecule has 8 nitrogen and oxygen atoms in total. The standard InChI is InChI=1S/C20H24N2O6/c1-10-18(11-5-16(23-2)19(25-4)17(6-11)24-3)12-7-14-15(27-9-26-14)8-13(12)28-20(10)22-21/h5-8,10,18,20,22H,9,21H2,1-4H3/t10-,18-,20-/m0/s1. The molecule has 0 saturated carbocycles. The van der Waals surface area contributed by atoms with Crippen LogP contribution in [0.3, 0.4) is 0 Å². The minimum absolute atomic E-state index is 0.0145. The van der Waals surface area contributed by atoms with Crippen LogP contribution in [0, 0.1) is 5.92 Å². The van der Waals surface area contributed by atoms with Crippen LogP contribution in [0.1, 0.15) is 24.0 Å². The maximum absolute atomic E-state index is 6.07. The number of nitrogens with one attached hydrogen (secondary N) is 1. The Bertz CT molecular complexity index is 862. The van der Waals surface area contributed by atoms with Crippen LogP contribution in [0.4, 0.5) is 0 Å². The SMILES string of the molecule is COc1cc([C@H]2c3cc4c(cc3O[C@H](NN)[C@H]2C)OCO4)cc(OC)c1OC. The summed E-state index contributed by atoms with van der Waals surface area (Å²) in [4.78, 5) is 0. The lowest BCUT2D eigenvalue weighted by molar-refractivity contribution is 0.0795. The highest BCUT2D eigenvalue weighted by Gasteiger charge is 2.38. The highest BCUT2D eigenvalue weighted by Crippen LogP contribution is 2.51. The monoisotopic (exact) mass is 388 g/mol. The highest BCUT2D eigenvalue weighted by molar-refractivity contribution is 5.60. The number of benzene rings is 2. The molecule has 2 aromatic rings. The van der Waals surface area contributed by atoms with Crippen LogP contribution in [-0.4, -0.2) is 34.4 Å². The van der Waals surface area contributed by atoms with Crippen molar-refractivity contribution in [2.24, 2.45) is 11.8 Å². The van der Waals surface area contributed by atoms with E-state index in [9.17, 15) is 0 Å². The largest absolute Gasteiger partial charge is 0.493 e. The van der Waals surface area contributed by atoms with Crippen LogP contribution in [0.2, 0.25) is 0 Å². The molecule has 0 fully saturated rings. The average Bonchev–Trinajstić information content (AvgIpc) is 3.18. The number of nitrogens with two attached hydrogens (primary N) is 1. The molecule has 0 bridgehead atoms. The number of hydrazine groups is 1. The molecule has 0 radical (unpaired) electrons. The first-order valence-electron chi connectivity index (χ1n) is 8.97. The molecule has 2 aromatic carbocycles. The molecule has 2 heterocycles. The van der Waals surface area contributed by atoms with Crippen molar-refractivity contribution in [1.82, 2.24) is 5.43 Å². The van der Waals surface area contributed by atoms with E-state index in [1.54, 1.807) is 21.3 Å². The molecule has 3 N–H and O–H groups in total. The molecule has 0 aromatic heterocycles. The van der Waals surface area contributed by atoms with Crippen molar-refractivity contribution in [2.75, 3.05) is 28.1 Å². The van der Waals surface area contributed by atoms with Crippen LogP contribution >= 0.6 is 0 Å². The van der Waals surface area contributed by atoms with Gasteiger partial charge in [-0.2, -0.15) is 0 Å². The fourth-order valence-corrected chi connectivity index (χ4v) is 3.94. The van der Waals surface area contributed by atoms with Crippen LogP contribution in [-0.2, 0) is 0 Å². The molecule has 4 rings (SSSR count). The van der Waals surface area contributed by atoms with E-state index in [0.717, 1.165) is 11.1 Å². The third-order valence-electron chi connectivity index (χ3n) is 5.31. The number of ether oxygens (including phenoxy) is 6. The van der Waals surface area contributed by atoms with Crippen molar-refractivity contribution in [3.05, 3.63) is 35.4 Å². The first kappa shape index (κ1) is 18.5. The Labute approximate surface area is 163 Å². The molecule has 0 saturated heterocycles. The van der Waals surface area contributed by atoms with Crippen molar-refractivity contribution in [3.63, 3.8) is 0 Å². The lowest BCUT2D eigenvalue weighted by Gasteiger charge is -2.38. The number of hydrogen-bond donors (Lipinski definition) is 2. The molecule has 2 aliphatic rings. The first-order chi connectivity index (χ1) is 13.6. The fraction of sp³-hybridized carbons (Fsp3) is 0.400. The topological polar surface area (TPSA) is 93.4 Å². The molecule has 2 aliphatic heterocycles. The van der Waals surface area contributed by atoms with Gasteiger partial charge in [0.15, 0.2) is 29.2 Å². The van der Waals surface area contributed by atoms with E-state index in [4.69, 9.17) is 34.3 Å². The van der Waals surface area contributed by atoms with E-state index in [0.29, 0.717) is 34.5 Å². The molecular weight excluding hydrogens is 364 g/mol. The van der Waals surface area contributed by atoms with Crippen LogP contribution in [0.25, 0.3) is 0 Å². The van der Waals surface area contributed by atoms with Gasteiger partial charge >= 0.3 is 0 Å². The Morgan fingerprint density at radius 3 is 2.14 bits per heavy atom. The summed E-state index contributed by atoms with van der Waals surface area (Å²) >= 11 is 0. The van der Waals surface area contributed by atoms with Gasteiger partial charge in [-0.05, 0) is 23.8 Å². The summed E-state index contributed by atoms with van der Waals surface area (Å²) in [6.45, 7) is 2.27. The van der Waals surface area contributed by atoms with Gasteiger partial charge < -0.3 is 28.4 Å². The summed E-state index contributed by atoms with van der Waals surface area (Å²) in [6.07, 6.45) is -0.378. The van der Waals surface area contributed by atoms with Crippen LogP contribution < -0.4 is 39.7 Å². The van der Waals surface area contributed by atoms with Gasteiger partial charge in [0.25, 0.3) is 0 Å². The average molecular weight is 388 g/mol. The minimum Gasteiger partial charge on any atom is -0.493 e. The van der Waals surface area contributed by atoms with Crippen molar-refractivity contribution < 1.29 is 28.4 Å². The molecule has 0 aliphatic carbocycles. The van der Waals surface area contributed by atoms with E-state index < -0.39 is 0 Å². The maximum atomic E-state index is 6.07. The molecular formula is C20H24N2O6. The second-order valence-corrected chi connectivity index (χ2v) is 6.74. The zero-order chi connectivity index (χ0) is 19.8.